The Hall–Kier alpha value is -1.13. The van der Waals surface area contributed by atoms with Crippen molar-refractivity contribution in [3.05, 3.63) is 29.6 Å². The van der Waals surface area contributed by atoms with Crippen LogP contribution in [-0.4, -0.2) is 32.0 Å². The summed E-state index contributed by atoms with van der Waals surface area (Å²) in [6.45, 7) is 3.56. The van der Waals surface area contributed by atoms with Crippen molar-refractivity contribution in [1.82, 2.24) is 0 Å². The van der Waals surface area contributed by atoms with E-state index in [1.54, 1.807) is 6.07 Å². The molecule has 1 aliphatic rings. The maximum atomic E-state index is 13.6. The smallest absolute Gasteiger partial charge is 0.165 e. The van der Waals surface area contributed by atoms with Crippen LogP contribution in [0.25, 0.3) is 0 Å². The predicted molar refractivity (Wildman–Crippen MR) is 66.3 cm³/mol. The fourth-order valence-electron chi connectivity index (χ4n) is 2.39. The lowest BCUT2D eigenvalue weighted by atomic mass is 9.77. The van der Waals surface area contributed by atoms with Gasteiger partial charge in [0.05, 0.1) is 20.3 Å². The minimum absolute atomic E-state index is 0.0152. The zero-order valence-electron chi connectivity index (χ0n) is 10.8. The minimum atomic E-state index is -0.386. The molecule has 0 radical (unpaired) electrons. The summed E-state index contributed by atoms with van der Waals surface area (Å²) in [5, 5.41) is 9.49. The second-order valence-electron chi connectivity index (χ2n) is 5.28. The molecule has 0 aliphatic carbocycles. The van der Waals surface area contributed by atoms with Gasteiger partial charge < -0.3 is 14.6 Å². The van der Waals surface area contributed by atoms with Crippen molar-refractivity contribution < 1.29 is 19.0 Å². The quantitative estimate of drug-likeness (QED) is 0.876. The van der Waals surface area contributed by atoms with Crippen LogP contribution < -0.4 is 4.74 Å². The molecule has 1 saturated heterocycles. The van der Waals surface area contributed by atoms with E-state index in [2.05, 4.69) is 6.92 Å². The molecule has 1 heterocycles. The summed E-state index contributed by atoms with van der Waals surface area (Å²) in [6, 6.07) is 4.86. The summed E-state index contributed by atoms with van der Waals surface area (Å²) < 4.78 is 23.7. The number of aliphatic hydroxyl groups is 1. The maximum Gasteiger partial charge on any atom is 0.165 e. The summed E-state index contributed by atoms with van der Waals surface area (Å²) in [4.78, 5) is 0. The third kappa shape index (κ3) is 2.65. The Morgan fingerprint density at radius 1 is 1.50 bits per heavy atom. The number of halogens is 1. The number of hydrogen-bond acceptors (Lipinski definition) is 3. The first-order valence-electron chi connectivity index (χ1n) is 6.10. The Kier molecular flexibility index (Phi) is 3.88. The molecule has 1 aliphatic heterocycles. The monoisotopic (exact) mass is 254 g/mol. The van der Waals surface area contributed by atoms with Crippen molar-refractivity contribution in [3.63, 3.8) is 0 Å². The highest BCUT2D eigenvalue weighted by atomic mass is 19.1. The lowest BCUT2D eigenvalue weighted by Crippen LogP contribution is -2.41. The van der Waals surface area contributed by atoms with E-state index in [9.17, 15) is 9.50 Å². The highest BCUT2D eigenvalue weighted by Gasteiger charge is 2.36. The molecule has 0 aromatic heterocycles. The highest BCUT2D eigenvalue weighted by molar-refractivity contribution is 5.31. The molecule has 3 nitrogen and oxygen atoms in total. The molecule has 1 atom stereocenters. The molecule has 4 heteroatoms. The van der Waals surface area contributed by atoms with Crippen molar-refractivity contribution in [2.45, 2.75) is 19.3 Å². The van der Waals surface area contributed by atoms with E-state index in [-0.39, 0.29) is 29.5 Å². The van der Waals surface area contributed by atoms with Crippen molar-refractivity contribution in [2.24, 2.45) is 5.41 Å². The number of hydrogen-bond donors (Lipinski definition) is 1. The molecule has 18 heavy (non-hydrogen) atoms. The molecule has 0 spiro atoms. The molecular formula is C14H19FO3. The average Bonchev–Trinajstić information content (AvgIpc) is 2.33. The number of ether oxygens (including phenoxy) is 2. The first kappa shape index (κ1) is 13.3. The van der Waals surface area contributed by atoms with Crippen molar-refractivity contribution in [1.29, 1.82) is 0 Å². The second kappa shape index (κ2) is 5.24. The normalized spacial score (nSPS) is 19.1. The molecular weight excluding hydrogens is 235 g/mol. The van der Waals surface area contributed by atoms with Crippen molar-refractivity contribution >= 4 is 0 Å². The third-order valence-electron chi connectivity index (χ3n) is 3.51. The largest absolute Gasteiger partial charge is 0.494 e. The summed E-state index contributed by atoms with van der Waals surface area (Å²) in [6.07, 6.45) is 0.801. The molecule has 1 N–H and O–H groups in total. The Balaban J connectivity index is 2.14. The van der Waals surface area contributed by atoms with Gasteiger partial charge >= 0.3 is 0 Å². The van der Waals surface area contributed by atoms with E-state index in [4.69, 9.17) is 9.47 Å². The fourth-order valence-corrected chi connectivity index (χ4v) is 2.39. The van der Waals surface area contributed by atoms with Gasteiger partial charge in [0.2, 0.25) is 0 Å². The number of methoxy groups -OCH3 is 1. The lowest BCUT2D eigenvalue weighted by molar-refractivity contribution is -0.110. The summed E-state index contributed by atoms with van der Waals surface area (Å²) in [7, 11) is 1.44. The van der Waals surface area contributed by atoms with Crippen LogP contribution in [0.15, 0.2) is 18.2 Å². The molecule has 0 saturated carbocycles. The van der Waals surface area contributed by atoms with Crippen LogP contribution in [0.3, 0.4) is 0 Å². The van der Waals surface area contributed by atoms with Crippen LogP contribution in [0, 0.1) is 11.2 Å². The minimum Gasteiger partial charge on any atom is -0.494 e. The number of benzene rings is 1. The van der Waals surface area contributed by atoms with E-state index in [0.29, 0.717) is 13.2 Å². The second-order valence-corrected chi connectivity index (χ2v) is 5.28. The fraction of sp³-hybridized carbons (Fsp3) is 0.571. The van der Waals surface area contributed by atoms with Crippen LogP contribution in [0.4, 0.5) is 4.39 Å². The van der Waals surface area contributed by atoms with E-state index >= 15 is 0 Å². The van der Waals surface area contributed by atoms with Gasteiger partial charge in [-0.2, -0.15) is 0 Å². The Labute approximate surface area is 107 Å². The molecule has 1 aromatic carbocycles. The summed E-state index contributed by atoms with van der Waals surface area (Å²) in [5.74, 6) is -0.212. The van der Waals surface area contributed by atoms with Gasteiger partial charge in [0.1, 0.15) is 0 Å². The van der Waals surface area contributed by atoms with Crippen molar-refractivity contribution in [2.75, 3.05) is 26.9 Å². The average molecular weight is 254 g/mol. The van der Waals surface area contributed by atoms with Crippen LogP contribution in [-0.2, 0) is 4.74 Å². The zero-order valence-corrected chi connectivity index (χ0v) is 10.8. The standard InChI is InChI=1S/C14H19FO3/c1-14(8-18-9-14)6-11(7-16)10-3-4-13(17-2)12(15)5-10/h3-5,11,16H,6-9H2,1-2H3. The van der Waals surface area contributed by atoms with Gasteiger partial charge in [0.15, 0.2) is 11.6 Å². The zero-order chi connectivity index (χ0) is 13.2. The maximum absolute atomic E-state index is 13.6. The van der Waals surface area contributed by atoms with E-state index in [1.165, 1.54) is 13.2 Å². The lowest BCUT2D eigenvalue weighted by Gasteiger charge is -2.40. The summed E-state index contributed by atoms with van der Waals surface area (Å²) >= 11 is 0. The van der Waals surface area contributed by atoms with E-state index in [1.807, 2.05) is 6.07 Å². The molecule has 1 fully saturated rings. The van der Waals surface area contributed by atoms with E-state index < -0.39 is 0 Å². The van der Waals surface area contributed by atoms with Crippen LogP contribution in [0.1, 0.15) is 24.8 Å². The van der Waals surface area contributed by atoms with Gasteiger partial charge in [-0.05, 0) is 24.1 Å². The molecule has 2 rings (SSSR count). The summed E-state index contributed by atoms with van der Waals surface area (Å²) in [5.41, 5.74) is 0.910. The number of rotatable bonds is 5. The van der Waals surface area contributed by atoms with Gasteiger partial charge in [-0.15, -0.1) is 0 Å². The molecule has 1 aromatic rings. The molecule has 100 valence electrons. The van der Waals surface area contributed by atoms with Crippen LogP contribution in [0.5, 0.6) is 5.75 Å². The topological polar surface area (TPSA) is 38.7 Å². The van der Waals surface area contributed by atoms with Gasteiger partial charge in [-0.1, -0.05) is 13.0 Å². The first-order valence-corrected chi connectivity index (χ1v) is 6.10. The molecule has 0 bridgehead atoms. The number of aliphatic hydroxyl groups excluding tert-OH is 1. The van der Waals surface area contributed by atoms with Gasteiger partial charge in [-0.25, -0.2) is 4.39 Å². The van der Waals surface area contributed by atoms with Gasteiger partial charge in [0.25, 0.3) is 0 Å². The van der Waals surface area contributed by atoms with Gasteiger partial charge in [0, 0.05) is 17.9 Å². The highest BCUT2D eigenvalue weighted by Crippen LogP contribution is 2.38. The Morgan fingerprint density at radius 3 is 2.67 bits per heavy atom. The van der Waals surface area contributed by atoms with E-state index in [0.717, 1.165) is 12.0 Å². The van der Waals surface area contributed by atoms with Crippen molar-refractivity contribution in [3.8, 4) is 5.75 Å². The molecule has 0 amide bonds. The van der Waals surface area contributed by atoms with Gasteiger partial charge in [-0.3, -0.25) is 0 Å². The molecule has 1 unspecified atom stereocenters. The van der Waals surface area contributed by atoms with Crippen LogP contribution in [0.2, 0.25) is 0 Å². The predicted octanol–water partition coefficient (Wildman–Crippen LogP) is 2.34. The van der Waals surface area contributed by atoms with Crippen LogP contribution >= 0.6 is 0 Å². The third-order valence-corrected chi connectivity index (χ3v) is 3.51. The first-order chi connectivity index (χ1) is 8.58. The SMILES string of the molecule is COc1ccc(C(CO)CC2(C)COC2)cc1F. The Morgan fingerprint density at radius 2 is 2.22 bits per heavy atom. The Bertz CT molecular complexity index is 416.